The Bertz CT molecular complexity index is 475. The Morgan fingerprint density at radius 3 is 2.33 bits per heavy atom. The molecule has 5 heteroatoms. The molecule has 1 N–H and O–H groups in total. The van der Waals surface area contributed by atoms with Gasteiger partial charge < -0.3 is 5.02 Å². The molecule has 0 amide bonds. The molecule has 0 aliphatic heterocycles. The van der Waals surface area contributed by atoms with Crippen molar-refractivity contribution in [1.82, 2.24) is 0 Å². The Labute approximate surface area is 105 Å². The van der Waals surface area contributed by atoms with Gasteiger partial charge in [0, 0.05) is 0 Å². The van der Waals surface area contributed by atoms with Crippen molar-refractivity contribution >= 4 is 12.6 Å². The quantitative estimate of drug-likeness (QED) is 0.495. The minimum Gasteiger partial charge on any atom is -0.422 e. The van der Waals surface area contributed by atoms with E-state index < -0.39 is 7.12 Å². The second kappa shape index (κ2) is 6.30. The van der Waals surface area contributed by atoms with E-state index in [1.807, 2.05) is 30.3 Å². The molecule has 18 heavy (non-hydrogen) atoms. The summed E-state index contributed by atoms with van der Waals surface area (Å²) in [4.78, 5) is 9.73. The van der Waals surface area contributed by atoms with E-state index in [9.17, 15) is 9.41 Å². The Hall–Kier alpha value is -1.69. The zero-order valence-electron chi connectivity index (χ0n) is 9.62. The van der Waals surface area contributed by atoms with Gasteiger partial charge in [0.05, 0.1) is 0 Å². The molecule has 0 aromatic heterocycles. The van der Waals surface area contributed by atoms with Gasteiger partial charge in [-0.15, -0.1) is 0 Å². The molecule has 0 aliphatic carbocycles. The molecular weight excluding hydrogens is 234 g/mol. The highest BCUT2D eigenvalue weighted by Crippen LogP contribution is 2.01. The first-order valence-electron chi connectivity index (χ1n) is 5.51. The molecule has 0 fully saturated rings. The van der Waals surface area contributed by atoms with Crippen molar-refractivity contribution in [3.63, 3.8) is 0 Å². The van der Waals surface area contributed by atoms with Gasteiger partial charge in [-0.3, -0.25) is 4.81 Å². The molecular formula is C13H12BFO3. The Morgan fingerprint density at radius 2 is 1.67 bits per heavy atom. The predicted octanol–water partition coefficient (Wildman–Crippen LogP) is 1.66. The molecule has 2 rings (SSSR count). The van der Waals surface area contributed by atoms with E-state index >= 15 is 0 Å². The second-order valence-corrected chi connectivity index (χ2v) is 3.75. The van der Waals surface area contributed by atoms with Crippen molar-refractivity contribution in [1.29, 1.82) is 0 Å². The lowest BCUT2D eigenvalue weighted by atomic mass is 9.80. The maximum absolute atomic E-state index is 12.7. The molecule has 0 atom stereocenters. The van der Waals surface area contributed by atoms with Gasteiger partial charge >= 0.3 is 7.12 Å². The molecule has 0 unspecified atom stereocenters. The third-order valence-electron chi connectivity index (χ3n) is 2.38. The standard InChI is InChI=1S/C13H12BFO3/c15-13-8-6-12(7-9-13)14(16)18-17-10-11-4-2-1-3-5-11/h1-9,16H,10H2. The highest BCUT2D eigenvalue weighted by atomic mass is 19.1. The van der Waals surface area contributed by atoms with Crippen molar-refractivity contribution in [2.45, 2.75) is 6.61 Å². The summed E-state index contributed by atoms with van der Waals surface area (Å²) in [5, 5.41) is 9.62. The van der Waals surface area contributed by atoms with Crippen LogP contribution in [0.4, 0.5) is 4.39 Å². The second-order valence-electron chi connectivity index (χ2n) is 3.75. The van der Waals surface area contributed by atoms with Gasteiger partial charge in [-0.05, 0) is 23.2 Å². The van der Waals surface area contributed by atoms with E-state index in [2.05, 4.69) is 0 Å². The average molecular weight is 246 g/mol. The van der Waals surface area contributed by atoms with Crippen molar-refractivity contribution < 1.29 is 19.1 Å². The number of hydrogen-bond acceptors (Lipinski definition) is 3. The minimum absolute atomic E-state index is 0.235. The molecule has 0 radical (unpaired) electrons. The molecule has 2 aromatic carbocycles. The van der Waals surface area contributed by atoms with Gasteiger partial charge in [0.1, 0.15) is 12.4 Å². The lowest BCUT2D eigenvalue weighted by Gasteiger charge is -2.07. The zero-order valence-corrected chi connectivity index (χ0v) is 9.62. The van der Waals surface area contributed by atoms with Crippen LogP contribution < -0.4 is 5.46 Å². The number of halogens is 1. The first kappa shape index (κ1) is 12.8. The molecule has 0 spiro atoms. The van der Waals surface area contributed by atoms with Crippen LogP contribution in [-0.4, -0.2) is 12.1 Å². The summed E-state index contributed by atoms with van der Waals surface area (Å²) in [7, 11) is -1.23. The fraction of sp³-hybridized carbons (Fsp3) is 0.0769. The summed E-state index contributed by atoms with van der Waals surface area (Å²) in [6, 6.07) is 14.8. The van der Waals surface area contributed by atoms with Crippen LogP contribution in [0.25, 0.3) is 0 Å². The smallest absolute Gasteiger partial charge is 0.422 e. The van der Waals surface area contributed by atoms with Crippen molar-refractivity contribution in [3.8, 4) is 0 Å². The van der Waals surface area contributed by atoms with Gasteiger partial charge in [-0.1, -0.05) is 42.5 Å². The third-order valence-corrected chi connectivity index (χ3v) is 2.38. The molecule has 0 saturated carbocycles. The van der Waals surface area contributed by atoms with Gasteiger partial charge in [0.2, 0.25) is 0 Å². The summed E-state index contributed by atoms with van der Waals surface area (Å²) in [6.45, 7) is 0.235. The van der Waals surface area contributed by atoms with Crippen molar-refractivity contribution in [2.75, 3.05) is 0 Å². The summed E-state index contributed by atoms with van der Waals surface area (Å²) < 4.78 is 12.7. The third kappa shape index (κ3) is 3.66. The van der Waals surface area contributed by atoms with Crippen LogP contribution in [0.2, 0.25) is 0 Å². The molecule has 2 aromatic rings. The Kier molecular flexibility index (Phi) is 4.47. The summed E-state index contributed by atoms with van der Waals surface area (Å²) in [6.07, 6.45) is 0. The summed E-state index contributed by atoms with van der Waals surface area (Å²) >= 11 is 0. The largest absolute Gasteiger partial charge is 0.523 e. The van der Waals surface area contributed by atoms with E-state index in [-0.39, 0.29) is 12.4 Å². The van der Waals surface area contributed by atoms with Crippen molar-refractivity contribution in [2.24, 2.45) is 0 Å². The Balaban J connectivity index is 1.81. The number of rotatable bonds is 5. The molecule has 92 valence electrons. The summed E-state index contributed by atoms with van der Waals surface area (Å²) in [5.74, 6) is -0.365. The predicted molar refractivity (Wildman–Crippen MR) is 66.3 cm³/mol. The summed E-state index contributed by atoms with van der Waals surface area (Å²) in [5.41, 5.74) is 1.37. The topological polar surface area (TPSA) is 38.7 Å². The lowest BCUT2D eigenvalue weighted by Crippen LogP contribution is -2.33. The minimum atomic E-state index is -1.23. The van der Waals surface area contributed by atoms with Crippen LogP contribution in [0.5, 0.6) is 0 Å². The zero-order chi connectivity index (χ0) is 12.8. The van der Waals surface area contributed by atoms with Crippen LogP contribution in [0, 0.1) is 5.82 Å². The fourth-order valence-electron chi connectivity index (χ4n) is 1.42. The van der Waals surface area contributed by atoms with Crippen molar-refractivity contribution in [3.05, 3.63) is 66.0 Å². The first-order chi connectivity index (χ1) is 8.75. The number of benzene rings is 2. The maximum atomic E-state index is 12.7. The van der Waals surface area contributed by atoms with Crippen LogP contribution in [0.15, 0.2) is 54.6 Å². The van der Waals surface area contributed by atoms with E-state index in [0.29, 0.717) is 5.46 Å². The SMILES string of the molecule is OB(OOCc1ccccc1)c1ccc(F)cc1. The Morgan fingerprint density at radius 1 is 1.00 bits per heavy atom. The molecule has 0 saturated heterocycles. The van der Waals surface area contributed by atoms with Gasteiger partial charge in [-0.25, -0.2) is 9.28 Å². The lowest BCUT2D eigenvalue weighted by molar-refractivity contribution is -0.231. The highest BCUT2D eigenvalue weighted by molar-refractivity contribution is 6.59. The monoisotopic (exact) mass is 246 g/mol. The number of hydrogen-bond donors (Lipinski definition) is 1. The molecule has 0 bridgehead atoms. The molecule has 0 aliphatic rings. The normalized spacial score (nSPS) is 10.3. The van der Waals surface area contributed by atoms with E-state index in [1.54, 1.807) is 0 Å². The van der Waals surface area contributed by atoms with Crippen LogP contribution in [-0.2, 0) is 16.3 Å². The average Bonchev–Trinajstić information content (AvgIpc) is 2.40. The maximum Gasteiger partial charge on any atom is 0.523 e. The molecule has 3 nitrogen and oxygen atoms in total. The van der Waals surface area contributed by atoms with Crippen LogP contribution >= 0.6 is 0 Å². The van der Waals surface area contributed by atoms with Gasteiger partial charge in [0.25, 0.3) is 0 Å². The first-order valence-corrected chi connectivity index (χ1v) is 5.51. The fourth-order valence-corrected chi connectivity index (χ4v) is 1.42. The van der Waals surface area contributed by atoms with Crippen LogP contribution in [0.3, 0.4) is 0 Å². The highest BCUT2D eigenvalue weighted by Gasteiger charge is 2.17. The molecule has 0 heterocycles. The van der Waals surface area contributed by atoms with E-state index in [0.717, 1.165) is 5.56 Å². The van der Waals surface area contributed by atoms with E-state index in [1.165, 1.54) is 24.3 Å². The van der Waals surface area contributed by atoms with Crippen LogP contribution in [0.1, 0.15) is 5.56 Å². The van der Waals surface area contributed by atoms with Gasteiger partial charge in [0.15, 0.2) is 0 Å². The van der Waals surface area contributed by atoms with Gasteiger partial charge in [-0.2, -0.15) is 0 Å². The van der Waals surface area contributed by atoms with E-state index in [4.69, 9.17) is 9.69 Å².